The molecule has 25 heavy (non-hydrogen) atoms. The van der Waals surface area contributed by atoms with Gasteiger partial charge in [0.05, 0.1) is 11.1 Å². The number of aldehydes is 1. The molecule has 0 aliphatic heterocycles. The highest BCUT2D eigenvalue weighted by molar-refractivity contribution is 5.97. The van der Waals surface area contributed by atoms with Crippen molar-refractivity contribution in [2.45, 2.75) is 38.3 Å². The second-order valence-electron chi connectivity index (χ2n) is 6.18. The van der Waals surface area contributed by atoms with Crippen LogP contribution in [-0.2, 0) is 4.79 Å². The first kappa shape index (κ1) is 17.3. The van der Waals surface area contributed by atoms with E-state index >= 15 is 0 Å². The first-order valence-electron chi connectivity index (χ1n) is 8.16. The molecule has 1 aromatic heterocycles. The molecule has 1 aromatic carbocycles. The lowest BCUT2D eigenvalue weighted by atomic mass is 9.87. The molecule has 0 spiro atoms. The summed E-state index contributed by atoms with van der Waals surface area (Å²) in [4.78, 5) is 27.3. The molecular formula is C18H18F2N2O3. The largest absolute Gasteiger partial charge is 0.435 e. The molecule has 1 amide bonds. The van der Waals surface area contributed by atoms with Crippen molar-refractivity contribution in [3.05, 3.63) is 36.0 Å². The average Bonchev–Trinajstić information content (AvgIpc) is 2.61. The number of amides is 1. The molecule has 5 nitrogen and oxygen atoms in total. The van der Waals surface area contributed by atoms with Crippen LogP contribution in [-0.4, -0.2) is 29.8 Å². The van der Waals surface area contributed by atoms with Crippen molar-refractivity contribution >= 4 is 23.1 Å². The third-order valence-corrected chi connectivity index (χ3v) is 4.44. The number of pyridine rings is 1. The quantitative estimate of drug-likeness (QED) is 0.842. The maximum Gasteiger partial charge on any atom is 0.387 e. The lowest BCUT2D eigenvalue weighted by molar-refractivity contribution is -0.111. The fourth-order valence-corrected chi connectivity index (χ4v) is 3.07. The number of halogens is 2. The third-order valence-electron chi connectivity index (χ3n) is 4.44. The zero-order valence-corrected chi connectivity index (χ0v) is 13.5. The van der Waals surface area contributed by atoms with Gasteiger partial charge in [0.15, 0.2) is 0 Å². The molecule has 1 N–H and O–H groups in total. The molecular weight excluding hydrogens is 330 g/mol. The van der Waals surface area contributed by atoms with Gasteiger partial charge in [-0.25, -0.2) is 0 Å². The number of hydrogen-bond acceptors (Lipinski definition) is 4. The number of benzene rings is 1. The summed E-state index contributed by atoms with van der Waals surface area (Å²) in [5, 5.41) is 3.63. The molecule has 3 rings (SSSR count). The Labute approximate surface area is 143 Å². The summed E-state index contributed by atoms with van der Waals surface area (Å²) in [5.41, 5.74) is 0.883. The summed E-state index contributed by atoms with van der Waals surface area (Å²) in [6, 6.07) is 6.14. The van der Waals surface area contributed by atoms with Gasteiger partial charge in [-0.3, -0.25) is 9.78 Å². The van der Waals surface area contributed by atoms with Gasteiger partial charge in [0.2, 0.25) is 0 Å². The molecule has 7 heteroatoms. The van der Waals surface area contributed by atoms with Crippen LogP contribution >= 0.6 is 0 Å². The average molecular weight is 348 g/mol. The smallest absolute Gasteiger partial charge is 0.387 e. The molecule has 2 aromatic rings. The van der Waals surface area contributed by atoms with Crippen molar-refractivity contribution in [3.8, 4) is 5.75 Å². The van der Waals surface area contributed by atoms with E-state index < -0.39 is 6.61 Å². The zero-order valence-electron chi connectivity index (χ0n) is 13.5. The van der Waals surface area contributed by atoms with Crippen molar-refractivity contribution < 1.29 is 23.1 Å². The van der Waals surface area contributed by atoms with Gasteiger partial charge in [-0.2, -0.15) is 8.78 Å². The fourth-order valence-electron chi connectivity index (χ4n) is 3.07. The summed E-state index contributed by atoms with van der Waals surface area (Å²) in [5.74, 6) is -0.101. The van der Waals surface area contributed by atoms with Gasteiger partial charge in [-0.05, 0) is 43.9 Å². The van der Waals surface area contributed by atoms with Crippen LogP contribution < -0.4 is 10.1 Å². The number of ether oxygens (including phenoxy) is 1. The van der Waals surface area contributed by atoms with E-state index in [1.54, 1.807) is 12.1 Å². The molecule has 132 valence electrons. The van der Waals surface area contributed by atoms with E-state index in [0.717, 1.165) is 32.0 Å². The number of nitrogens with one attached hydrogen (secondary N) is 1. The summed E-state index contributed by atoms with van der Waals surface area (Å²) < 4.78 is 28.8. The van der Waals surface area contributed by atoms with Crippen molar-refractivity contribution in [1.82, 2.24) is 10.3 Å². The van der Waals surface area contributed by atoms with Gasteiger partial charge >= 0.3 is 6.61 Å². The number of alkyl halides is 2. The second-order valence-corrected chi connectivity index (χ2v) is 6.18. The fraction of sp³-hybridized carbons (Fsp3) is 0.389. The Morgan fingerprint density at radius 1 is 1.24 bits per heavy atom. The molecule has 0 saturated heterocycles. The maximum absolute atomic E-state index is 12.4. The molecule has 1 aliphatic carbocycles. The van der Waals surface area contributed by atoms with Crippen LogP contribution in [0.5, 0.6) is 5.75 Å². The number of hydrogen-bond donors (Lipinski definition) is 1. The summed E-state index contributed by atoms with van der Waals surface area (Å²) in [6.07, 6.45) is 5.54. The molecule has 1 saturated carbocycles. The van der Waals surface area contributed by atoms with Crippen LogP contribution in [0.25, 0.3) is 10.9 Å². The van der Waals surface area contributed by atoms with E-state index in [9.17, 15) is 18.4 Å². The number of carbonyl (C=O) groups excluding carboxylic acids is 2. The van der Waals surface area contributed by atoms with Crippen molar-refractivity contribution in [3.63, 3.8) is 0 Å². The highest BCUT2D eigenvalue weighted by atomic mass is 19.3. The van der Waals surface area contributed by atoms with Gasteiger partial charge in [-0.15, -0.1) is 0 Å². The first-order valence-corrected chi connectivity index (χ1v) is 8.16. The van der Waals surface area contributed by atoms with Crippen LogP contribution in [0.4, 0.5) is 8.78 Å². The Bertz CT molecular complexity index is 774. The SMILES string of the molecule is O=C[C@H]1CC[C@H](NC(=O)c2cnc3cc(OC(F)F)ccc3c2)CC1. The molecule has 0 radical (unpaired) electrons. The van der Waals surface area contributed by atoms with E-state index in [1.165, 1.54) is 18.3 Å². The standard InChI is InChI=1S/C18H18F2N2O3/c19-18(20)25-15-6-3-12-7-13(9-21-16(12)8-15)17(24)22-14-4-1-11(10-23)2-5-14/h3,6-11,14,18H,1-2,4-5H2,(H,22,24)/t11-,14-. The minimum absolute atomic E-state index is 0.0270. The number of rotatable bonds is 5. The predicted octanol–water partition coefficient (Wildman–Crippen LogP) is 3.32. The molecule has 0 unspecified atom stereocenters. The predicted molar refractivity (Wildman–Crippen MR) is 87.7 cm³/mol. The van der Waals surface area contributed by atoms with Gasteiger partial charge < -0.3 is 14.8 Å². The van der Waals surface area contributed by atoms with E-state index in [0.29, 0.717) is 16.5 Å². The van der Waals surface area contributed by atoms with Crippen LogP contribution in [0.3, 0.4) is 0 Å². The first-order chi connectivity index (χ1) is 12.0. The second kappa shape index (κ2) is 7.55. The number of carbonyl (C=O) groups is 2. The molecule has 1 heterocycles. The zero-order chi connectivity index (χ0) is 17.8. The number of fused-ring (bicyclic) bond motifs is 1. The lowest BCUT2D eigenvalue weighted by Crippen LogP contribution is -2.37. The maximum atomic E-state index is 12.4. The normalized spacial score (nSPS) is 20.4. The minimum Gasteiger partial charge on any atom is -0.435 e. The summed E-state index contributed by atoms with van der Waals surface area (Å²) >= 11 is 0. The Balaban J connectivity index is 1.68. The molecule has 1 fully saturated rings. The number of aromatic nitrogens is 1. The van der Waals surface area contributed by atoms with Gasteiger partial charge in [0, 0.05) is 29.6 Å². The number of nitrogens with zero attached hydrogens (tertiary/aromatic N) is 1. The monoisotopic (exact) mass is 348 g/mol. The van der Waals surface area contributed by atoms with E-state index in [-0.39, 0.29) is 23.6 Å². The molecule has 1 aliphatic rings. The lowest BCUT2D eigenvalue weighted by Gasteiger charge is -2.26. The minimum atomic E-state index is -2.89. The van der Waals surface area contributed by atoms with E-state index in [1.807, 2.05) is 0 Å². The van der Waals surface area contributed by atoms with Crippen molar-refractivity contribution in [2.24, 2.45) is 5.92 Å². The Morgan fingerprint density at radius 3 is 2.68 bits per heavy atom. The van der Waals surface area contributed by atoms with Crippen LogP contribution in [0.15, 0.2) is 30.5 Å². The van der Waals surface area contributed by atoms with Crippen molar-refractivity contribution in [2.75, 3.05) is 0 Å². The van der Waals surface area contributed by atoms with Gasteiger partial charge in [0.25, 0.3) is 5.91 Å². The third kappa shape index (κ3) is 4.29. The Hall–Kier alpha value is -2.57. The van der Waals surface area contributed by atoms with E-state index in [2.05, 4.69) is 15.0 Å². The molecule has 0 bridgehead atoms. The summed E-state index contributed by atoms with van der Waals surface area (Å²) in [7, 11) is 0. The summed E-state index contributed by atoms with van der Waals surface area (Å²) in [6.45, 7) is -2.89. The topological polar surface area (TPSA) is 68.3 Å². The highest BCUT2D eigenvalue weighted by Crippen LogP contribution is 2.24. The van der Waals surface area contributed by atoms with Gasteiger partial charge in [-0.1, -0.05) is 0 Å². The van der Waals surface area contributed by atoms with Crippen molar-refractivity contribution in [1.29, 1.82) is 0 Å². The van der Waals surface area contributed by atoms with E-state index in [4.69, 9.17) is 0 Å². The van der Waals surface area contributed by atoms with Crippen LogP contribution in [0.1, 0.15) is 36.0 Å². The molecule has 0 atom stereocenters. The van der Waals surface area contributed by atoms with Gasteiger partial charge in [0.1, 0.15) is 12.0 Å². The Kier molecular flexibility index (Phi) is 5.21. The van der Waals surface area contributed by atoms with Crippen LogP contribution in [0.2, 0.25) is 0 Å². The van der Waals surface area contributed by atoms with Crippen LogP contribution in [0, 0.1) is 5.92 Å². The Morgan fingerprint density at radius 2 is 2.00 bits per heavy atom. The highest BCUT2D eigenvalue weighted by Gasteiger charge is 2.22.